The summed E-state index contributed by atoms with van der Waals surface area (Å²) in [5.41, 5.74) is 7.95. The summed E-state index contributed by atoms with van der Waals surface area (Å²) in [7, 11) is 4.28. The molecule has 2 aromatic heterocycles. The number of ether oxygens (including phenoxy) is 2. The zero-order valence-corrected chi connectivity index (χ0v) is 38.7. The number of benzene rings is 4. The number of fused-ring (bicyclic) bond motifs is 2. The molecule has 0 saturated carbocycles. The average Bonchev–Trinajstić information content (AvgIpc) is 4.03. The van der Waals surface area contributed by atoms with E-state index in [0.717, 1.165) is 139 Å². The highest BCUT2D eigenvalue weighted by Crippen LogP contribution is 2.33. The van der Waals surface area contributed by atoms with Gasteiger partial charge in [0.2, 0.25) is 0 Å². The van der Waals surface area contributed by atoms with Gasteiger partial charge in [0.25, 0.3) is 0 Å². The third-order valence-electron chi connectivity index (χ3n) is 12.4. The van der Waals surface area contributed by atoms with Crippen LogP contribution in [0.15, 0.2) is 112 Å². The van der Waals surface area contributed by atoms with E-state index in [1.54, 1.807) is 12.1 Å². The molecule has 2 unspecified atom stereocenters. The number of aliphatic hydroxyl groups is 1. The van der Waals surface area contributed by atoms with Crippen LogP contribution in [0.25, 0.3) is 22.1 Å². The van der Waals surface area contributed by atoms with Crippen molar-refractivity contribution in [3.8, 4) is 11.8 Å². The molecule has 2 aliphatic heterocycles. The minimum atomic E-state index is -0.642. The van der Waals surface area contributed by atoms with Crippen LogP contribution >= 0.6 is 15.9 Å². The number of aromatic nitrogens is 4. The lowest BCUT2D eigenvalue weighted by molar-refractivity contribution is -0.0276. The van der Waals surface area contributed by atoms with Crippen LogP contribution in [-0.2, 0) is 9.47 Å². The molecule has 6 aromatic rings. The standard InChI is InChI=1S/C32H37FN4O2.C20H22BrN3O/c1-22-12-15-29(30(22)38)34-18-8-4-3-5-9-23-13-14-26(33)25(21-23)31(39-24-16-19-37(2)20-17-24)32-35-27-10-6-7-11-28(27)36-32;1-24-11-9-16(10-12-24)25-19(14-5-4-6-15(21)13-14)20-22-17-7-2-3-8-18(17)23-20/h6-7,10-11,13-14,21,24,31,38H,3-4,8,12,15-20H2,1-2H3,(H,35,36);2-8,13,16,19H,9-12H2,1H3,(H,22,23). The summed E-state index contributed by atoms with van der Waals surface area (Å²) in [5, 5.41) is 10.0. The molecule has 2 saturated heterocycles. The Morgan fingerprint density at radius 3 is 1.98 bits per heavy atom. The van der Waals surface area contributed by atoms with Gasteiger partial charge in [0.15, 0.2) is 0 Å². The van der Waals surface area contributed by atoms with Crippen LogP contribution in [-0.4, -0.2) is 99.6 Å². The van der Waals surface area contributed by atoms with Gasteiger partial charge in [-0.05, 0) is 138 Å². The molecule has 4 aromatic carbocycles. The van der Waals surface area contributed by atoms with Crippen molar-refractivity contribution in [3.63, 3.8) is 0 Å². The smallest absolute Gasteiger partial charge is 0.143 e. The number of hydrogen-bond donors (Lipinski definition) is 3. The van der Waals surface area contributed by atoms with Crippen molar-refractivity contribution >= 4 is 43.7 Å². The molecular formula is C52H59BrFN7O3. The molecule has 334 valence electrons. The largest absolute Gasteiger partial charge is 0.506 e. The number of nitrogens with one attached hydrogen (secondary N) is 2. The number of para-hydroxylation sites is 4. The lowest BCUT2D eigenvalue weighted by Crippen LogP contribution is -2.35. The number of piperidine rings is 2. The number of allylic oxidation sites excluding steroid dienone is 2. The third-order valence-corrected chi connectivity index (χ3v) is 12.9. The Hall–Kier alpha value is -5.16. The Morgan fingerprint density at radius 1 is 0.781 bits per heavy atom. The molecule has 1 aliphatic carbocycles. The lowest BCUT2D eigenvalue weighted by Gasteiger charge is -2.31. The van der Waals surface area contributed by atoms with Gasteiger partial charge in [-0.1, -0.05) is 64.2 Å². The normalized spacial score (nSPS) is 18.3. The number of likely N-dealkylation sites (tertiary alicyclic amines) is 2. The minimum Gasteiger partial charge on any atom is -0.506 e. The van der Waals surface area contributed by atoms with Gasteiger partial charge in [-0.15, -0.1) is 0 Å². The summed E-state index contributed by atoms with van der Waals surface area (Å²) >= 11 is 3.58. The van der Waals surface area contributed by atoms with Crippen LogP contribution in [0.5, 0.6) is 0 Å². The Bertz CT molecular complexity index is 2560. The van der Waals surface area contributed by atoms with Crippen LogP contribution in [0, 0.1) is 17.7 Å². The Balaban J connectivity index is 0.000000192. The highest BCUT2D eigenvalue weighted by atomic mass is 79.9. The number of aliphatic imine (C=N–C) groups is 1. The first-order chi connectivity index (χ1) is 31.2. The first-order valence-corrected chi connectivity index (χ1v) is 23.5. The molecule has 3 aliphatic rings. The summed E-state index contributed by atoms with van der Waals surface area (Å²) in [6.45, 7) is 6.72. The number of aromatic amines is 2. The van der Waals surface area contributed by atoms with E-state index in [9.17, 15) is 5.11 Å². The maximum Gasteiger partial charge on any atom is 0.143 e. The van der Waals surface area contributed by atoms with Crippen molar-refractivity contribution in [2.45, 2.75) is 89.1 Å². The van der Waals surface area contributed by atoms with Gasteiger partial charge in [-0.2, -0.15) is 0 Å². The molecule has 2 atom stereocenters. The van der Waals surface area contributed by atoms with E-state index in [1.807, 2.05) is 61.5 Å². The Morgan fingerprint density at radius 2 is 1.39 bits per heavy atom. The molecule has 4 heterocycles. The van der Waals surface area contributed by atoms with Crippen molar-refractivity contribution in [2.75, 3.05) is 46.8 Å². The molecule has 0 amide bonds. The summed E-state index contributed by atoms with van der Waals surface area (Å²) in [4.78, 5) is 25.5. The second-order valence-electron chi connectivity index (χ2n) is 17.3. The number of imidazole rings is 2. The molecule has 0 spiro atoms. The summed E-state index contributed by atoms with van der Waals surface area (Å²) in [6, 6.07) is 29.3. The quantitative estimate of drug-likeness (QED) is 0.0827. The van der Waals surface area contributed by atoms with Gasteiger partial charge in [0, 0.05) is 54.7 Å². The highest BCUT2D eigenvalue weighted by molar-refractivity contribution is 9.10. The number of unbranched alkanes of at least 4 members (excludes halogenated alkanes) is 2. The number of H-pyrrole nitrogens is 2. The first-order valence-electron chi connectivity index (χ1n) is 22.7. The van der Waals surface area contributed by atoms with E-state index < -0.39 is 6.10 Å². The molecule has 10 nitrogen and oxygen atoms in total. The Labute approximate surface area is 384 Å². The minimum absolute atomic E-state index is 0.0303. The fourth-order valence-electron chi connectivity index (χ4n) is 8.55. The topological polar surface area (TPSA) is 115 Å². The van der Waals surface area contributed by atoms with Crippen molar-refractivity contribution in [1.29, 1.82) is 0 Å². The van der Waals surface area contributed by atoms with E-state index in [4.69, 9.17) is 19.4 Å². The second-order valence-corrected chi connectivity index (χ2v) is 18.2. The number of hydrogen-bond acceptors (Lipinski definition) is 8. The molecule has 9 rings (SSSR count). The van der Waals surface area contributed by atoms with Crippen LogP contribution in [0.1, 0.15) is 105 Å². The summed E-state index contributed by atoms with van der Waals surface area (Å²) in [6.07, 6.45) is 7.67. The van der Waals surface area contributed by atoms with Crippen LogP contribution in [0.2, 0.25) is 0 Å². The molecule has 2 fully saturated rings. The number of nitrogens with zero attached hydrogens (tertiary/aromatic N) is 5. The SMILES string of the molecule is CC1=C(O)C(=NCCCCC#Cc2ccc(F)c(C(OC3CCN(C)CC3)c3nc4ccccc4[nH]3)c2)CC1.CN1CCC(OC(c2cccc(Br)c2)c2nc3ccccc3[nH]2)CC1. The highest BCUT2D eigenvalue weighted by Gasteiger charge is 2.29. The van der Waals surface area contributed by atoms with Gasteiger partial charge < -0.3 is 34.3 Å². The van der Waals surface area contributed by atoms with Crippen molar-refractivity contribution in [2.24, 2.45) is 4.99 Å². The van der Waals surface area contributed by atoms with Gasteiger partial charge in [-0.3, -0.25) is 4.99 Å². The first kappa shape index (κ1) is 45.4. The number of halogens is 2. The summed E-state index contributed by atoms with van der Waals surface area (Å²) in [5.74, 6) is 7.98. The van der Waals surface area contributed by atoms with Gasteiger partial charge in [0.1, 0.15) is 35.4 Å². The fraction of sp³-hybridized carbons (Fsp3) is 0.404. The van der Waals surface area contributed by atoms with E-state index in [0.29, 0.717) is 23.7 Å². The van der Waals surface area contributed by atoms with Crippen molar-refractivity contribution in [1.82, 2.24) is 29.7 Å². The predicted octanol–water partition coefficient (Wildman–Crippen LogP) is 11.0. The zero-order chi connectivity index (χ0) is 44.4. The van der Waals surface area contributed by atoms with E-state index >= 15 is 4.39 Å². The van der Waals surface area contributed by atoms with Gasteiger partial charge in [0.05, 0.1) is 40.0 Å². The van der Waals surface area contributed by atoms with Crippen LogP contribution in [0.4, 0.5) is 4.39 Å². The lowest BCUT2D eigenvalue weighted by atomic mass is 10.0. The van der Waals surface area contributed by atoms with Crippen LogP contribution in [0.3, 0.4) is 0 Å². The maximum absolute atomic E-state index is 15.3. The van der Waals surface area contributed by atoms with E-state index in [1.165, 1.54) is 6.07 Å². The van der Waals surface area contributed by atoms with E-state index in [-0.39, 0.29) is 24.1 Å². The number of rotatable bonds is 12. The fourth-order valence-corrected chi connectivity index (χ4v) is 8.96. The molecular weight excluding hydrogens is 870 g/mol. The average molecular weight is 929 g/mol. The van der Waals surface area contributed by atoms with E-state index in [2.05, 4.69) is 84.8 Å². The molecule has 0 bridgehead atoms. The second kappa shape index (κ2) is 21.7. The zero-order valence-electron chi connectivity index (χ0n) is 37.1. The molecule has 0 radical (unpaired) electrons. The molecule has 12 heteroatoms. The number of aliphatic hydroxyl groups excluding tert-OH is 1. The predicted molar refractivity (Wildman–Crippen MR) is 257 cm³/mol. The van der Waals surface area contributed by atoms with Crippen molar-refractivity contribution in [3.05, 3.63) is 141 Å². The maximum atomic E-state index is 15.3. The third kappa shape index (κ3) is 11.7. The summed E-state index contributed by atoms with van der Waals surface area (Å²) < 4.78 is 29.4. The van der Waals surface area contributed by atoms with Crippen molar-refractivity contribution < 1.29 is 19.0 Å². The molecule has 3 N–H and O–H groups in total. The van der Waals surface area contributed by atoms with Gasteiger partial charge >= 0.3 is 0 Å². The monoisotopic (exact) mass is 927 g/mol. The van der Waals surface area contributed by atoms with Crippen LogP contribution < -0.4 is 0 Å². The molecule has 64 heavy (non-hydrogen) atoms. The Kier molecular flexibility index (Phi) is 15.4. The van der Waals surface area contributed by atoms with Gasteiger partial charge in [-0.25, -0.2) is 14.4 Å².